The molecule has 0 aromatic heterocycles. The van der Waals surface area contributed by atoms with E-state index in [0.717, 1.165) is 19.2 Å². The van der Waals surface area contributed by atoms with E-state index in [1.54, 1.807) is 0 Å². The Morgan fingerprint density at radius 1 is 1.43 bits per heavy atom. The van der Waals surface area contributed by atoms with Crippen molar-refractivity contribution in [2.45, 2.75) is 13.8 Å². The minimum absolute atomic E-state index is 0.162. The van der Waals surface area contributed by atoms with Crippen LogP contribution in [-0.4, -0.2) is 47.1 Å². The molecule has 0 unspecified atom stereocenters. The van der Waals surface area contributed by atoms with Crippen LogP contribution in [0.25, 0.3) is 0 Å². The zero-order valence-electron chi connectivity index (χ0n) is 11.8. The van der Waals surface area contributed by atoms with Gasteiger partial charge in [0.1, 0.15) is 12.2 Å². The first-order valence-electron chi connectivity index (χ1n) is 6.47. The molecule has 0 spiro atoms. The van der Waals surface area contributed by atoms with Crippen LogP contribution in [0.15, 0.2) is 12.1 Å². The van der Waals surface area contributed by atoms with Gasteiger partial charge in [0.05, 0.1) is 11.0 Å². The van der Waals surface area contributed by atoms with Gasteiger partial charge in [-0.15, -0.1) is 0 Å². The molecule has 0 aliphatic carbocycles. The van der Waals surface area contributed by atoms with Gasteiger partial charge in [-0.3, -0.25) is 10.1 Å². The SMILES string of the molecule is CCN(CC)CCOc1cc(C(=O)O)c([N+](=O)[O-])cc1F. The minimum Gasteiger partial charge on any atom is -0.489 e. The number of ether oxygens (including phenoxy) is 1. The molecule has 8 heteroatoms. The molecule has 0 aliphatic heterocycles. The monoisotopic (exact) mass is 300 g/mol. The number of hydrogen-bond donors (Lipinski definition) is 1. The standard InChI is InChI=1S/C13H17FN2O5/c1-3-15(4-2)5-6-21-12-7-9(13(17)18)11(16(19)20)8-10(12)14/h7-8H,3-6H2,1-2H3,(H,17,18). The Morgan fingerprint density at radius 2 is 2.05 bits per heavy atom. The maximum Gasteiger partial charge on any atom is 0.342 e. The molecule has 0 saturated heterocycles. The van der Waals surface area contributed by atoms with Gasteiger partial charge >= 0.3 is 5.97 Å². The molecule has 0 saturated carbocycles. The van der Waals surface area contributed by atoms with Gasteiger partial charge in [0.2, 0.25) is 0 Å². The molecule has 116 valence electrons. The minimum atomic E-state index is -1.50. The highest BCUT2D eigenvalue weighted by atomic mass is 19.1. The average molecular weight is 300 g/mol. The van der Waals surface area contributed by atoms with Crippen LogP contribution < -0.4 is 4.74 Å². The van der Waals surface area contributed by atoms with Crippen LogP contribution in [0.2, 0.25) is 0 Å². The second kappa shape index (κ2) is 7.53. The fraction of sp³-hybridized carbons (Fsp3) is 0.462. The van der Waals surface area contributed by atoms with E-state index >= 15 is 0 Å². The molecule has 7 nitrogen and oxygen atoms in total. The van der Waals surface area contributed by atoms with Crippen LogP contribution in [0.4, 0.5) is 10.1 Å². The van der Waals surface area contributed by atoms with E-state index in [1.165, 1.54) is 0 Å². The number of carboxylic acid groups (broad SMARTS) is 1. The number of likely N-dealkylation sites (N-methyl/N-ethyl adjacent to an activating group) is 1. The topological polar surface area (TPSA) is 92.9 Å². The number of rotatable bonds is 8. The third-order valence-corrected chi connectivity index (χ3v) is 3.04. The van der Waals surface area contributed by atoms with Crippen LogP contribution >= 0.6 is 0 Å². The van der Waals surface area contributed by atoms with E-state index in [4.69, 9.17) is 9.84 Å². The van der Waals surface area contributed by atoms with Gasteiger partial charge in [0, 0.05) is 12.6 Å². The fourth-order valence-corrected chi connectivity index (χ4v) is 1.80. The predicted octanol–water partition coefficient (Wildman–Crippen LogP) is 2.15. The van der Waals surface area contributed by atoms with Crippen molar-refractivity contribution in [2.24, 2.45) is 0 Å². The number of aromatic carboxylic acids is 1. The van der Waals surface area contributed by atoms with Crippen LogP contribution in [0.3, 0.4) is 0 Å². The number of hydrogen-bond acceptors (Lipinski definition) is 5. The van der Waals surface area contributed by atoms with Gasteiger partial charge in [0.15, 0.2) is 11.6 Å². The molecule has 0 atom stereocenters. The largest absolute Gasteiger partial charge is 0.489 e. The van der Waals surface area contributed by atoms with Crippen molar-refractivity contribution in [3.63, 3.8) is 0 Å². The van der Waals surface area contributed by atoms with E-state index in [-0.39, 0.29) is 12.4 Å². The Hall–Kier alpha value is -2.22. The number of nitro benzene ring substituents is 1. The Morgan fingerprint density at radius 3 is 2.52 bits per heavy atom. The number of nitrogens with zero attached hydrogens (tertiary/aromatic N) is 2. The molecule has 0 radical (unpaired) electrons. The maximum absolute atomic E-state index is 13.7. The maximum atomic E-state index is 13.7. The lowest BCUT2D eigenvalue weighted by atomic mass is 10.1. The first-order chi connectivity index (χ1) is 9.90. The summed E-state index contributed by atoms with van der Waals surface area (Å²) in [5.41, 5.74) is -1.39. The summed E-state index contributed by atoms with van der Waals surface area (Å²) in [7, 11) is 0. The van der Waals surface area contributed by atoms with Crippen LogP contribution in [0.5, 0.6) is 5.75 Å². The summed E-state index contributed by atoms with van der Waals surface area (Å²) in [4.78, 5) is 22.8. The number of halogens is 1. The number of carbonyl (C=O) groups is 1. The molecule has 21 heavy (non-hydrogen) atoms. The van der Waals surface area contributed by atoms with Crippen molar-refractivity contribution >= 4 is 11.7 Å². The molecule has 0 fully saturated rings. The van der Waals surface area contributed by atoms with Gasteiger partial charge in [-0.2, -0.15) is 0 Å². The highest BCUT2D eigenvalue weighted by molar-refractivity contribution is 5.92. The van der Waals surface area contributed by atoms with Gasteiger partial charge in [-0.25, -0.2) is 9.18 Å². The smallest absolute Gasteiger partial charge is 0.342 e. The van der Waals surface area contributed by atoms with Gasteiger partial charge in [-0.1, -0.05) is 13.8 Å². The summed E-state index contributed by atoms with van der Waals surface area (Å²) in [6.45, 7) is 6.27. The Bertz CT molecular complexity index is 532. The van der Waals surface area contributed by atoms with Gasteiger partial charge < -0.3 is 14.7 Å². The summed E-state index contributed by atoms with van der Waals surface area (Å²) in [5.74, 6) is -2.76. The highest BCUT2D eigenvalue weighted by Gasteiger charge is 2.24. The van der Waals surface area contributed by atoms with E-state index in [9.17, 15) is 19.3 Å². The van der Waals surface area contributed by atoms with Crippen molar-refractivity contribution in [3.8, 4) is 5.75 Å². The molecule has 1 aromatic carbocycles. The Labute approximate surface area is 121 Å². The lowest BCUT2D eigenvalue weighted by Gasteiger charge is -2.18. The molecule has 1 rings (SSSR count). The average Bonchev–Trinajstić information content (AvgIpc) is 2.44. The summed E-state index contributed by atoms with van der Waals surface area (Å²) in [6.07, 6.45) is 0. The van der Waals surface area contributed by atoms with Crippen LogP contribution in [0.1, 0.15) is 24.2 Å². The zero-order chi connectivity index (χ0) is 16.0. The zero-order valence-corrected chi connectivity index (χ0v) is 11.8. The predicted molar refractivity (Wildman–Crippen MR) is 73.3 cm³/mol. The van der Waals surface area contributed by atoms with Gasteiger partial charge in [0.25, 0.3) is 5.69 Å². The summed E-state index contributed by atoms with van der Waals surface area (Å²) in [5, 5.41) is 19.6. The highest BCUT2D eigenvalue weighted by Crippen LogP contribution is 2.27. The molecular formula is C13H17FN2O5. The first kappa shape index (κ1) is 16.8. The molecule has 1 aromatic rings. The molecule has 0 bridgehead atoms. The normalized spacial score (nSPS) is 10.7. The molecular weight excluding hydrogens is 283 g/mol. The second-order valence-corrected chi connectivity index (χ2v) is 4.24. The lowest BCUT2D eigenvalue weighted by molar-refractivity contribution is -0.385. The molecule has 0 aliphatic rings. The van der Waals surface area contributed by atoms with E-state index in [2.05, 4.69) is 0 Å². The lowest BCUT2D eigenvalue weighted by Crippen LogP contribution is -2.28. The molecule has 1 N–H and O–H groups in total. The third-order valence-electron chi connectivity index (χ3n) is 3.04. The number of benzene rings is 1. The summed E-state index contributed by atoms with van der Waals surface area (Å²) < 4.78 is 18.9. The number of carboxylic acids is 1. The Balaban J connectivity index is 2.91. The quantitative estimate of drug-likeness (QED) is 0.584. The fourth-order valence-electron chi connectivity index (χ4n) is 1.80. The Kier molecular flexibility index (Phi) is 6.04. The summed E-state index contributed by atoms with van der Waals surface area (Å²) in [6, 6.07) is 1.41. The first-order valence-corrected chi connectivity index (χ1v) is 6.47. The molecule has 0 heterocycles. The van der Waals surface area contributed by atoms with E-state index in [1.807, 2.05) is 18.7 Å². The van der Waals surface area contributed by atoms with Crippen molar-refractivity contribution in [3.05, 3.63) is 33.6 Å². The van der Waals surface area contributed by atoms with Crippen LogP contribution in [-0.2, 0) is 0 Å². The van der Waals surface area contributed by atoms with Gasteiger partial charge in [-0.05, 0) is 13.1 Å². The third kappa shape index (κ3) is 4.38. The second-order valence-electron chi connectivity index (χ2n) is 4.24. The van der Waals surface area contributed by atoms with Crippen molar-refractivity contribution in [1.82, 2.24) is 4.90 Å². The van der Waals surface area contributed by atoms with E-state index in [0.29, 0.717) is 12.6 Å². The van der Waals surface area contributed by atoms with Crippen molar-refractivity contribution in [2.75, 3.05) is 26.2 Å². The van der Waals surface area contributed by atoms with Crippen molar-refractivity contribution < 1.29 is 24.0 Å². The molecule has 0 amide bonds. The summed E-state index contributed by atoms with van der Waals surface area (Å²) >= 11 is 0. The van der Waals surface area contributed by atoms with Crippen molar-refractivity contribution in [1.29, 1.82) is 0 Å². The number of nitro groups is 1. The van der Waals surface area contributed by atoms with E-state index < -0.39 is 28.0 Å². The van der Waals surface area contributed by atoms with Crippen LogP contribution in [0, 0.1) is 15.9 Å².